The van der Waals surface area contributed by atoms with Crippen LogP contribution in [0, 0.1) is 25.5 Å². The minimum absolute atomic E-state index is 0.0695. The molecule has 0 radical (unpaired) electrons. The number of anilines is 2. The van der Waals surface area contributed by atoms with E-state index in [1.165, 1.54) is 59.4 Å². The third-order valence-electron chi connectivity index (χ3n) is 7.91. The van der Waals surface area contributed by atoms with E-state index < -0.39 is 55.1 Å². The van der Waals surface area contributed by atoms with Gasteiger partial charge in [0, 0.05) is 62.1 Å². The summed E-state index contributed by atoms with van der Waals surface area (Å²) < 4.78 is 123. The van der Waals surface area contributed by atoms with Gasteiger partial charge in [-0.1, -0.05) is 12.1 Å². The summed E-state index contributed by atoms with van der Waals surface area (Å²) in [5.41, 5.74) is 1.65. The Labute approximate surface area is 321 Å². The summed E-state index contributed by atoms with van der Waals surface area (Å²) in [7, 11) is 0. The number of carbonyl (C=O) groups excluding carboxylic acids is 1. The Morgan fingerprint density at radius 1 is 0.737 bits per heavy atom. The van der Waals surface area contributed by atoms with Gasteiger partial charge in [-0.05, 0) is 57.9 Å². The molecule has 0 fully saturated rings. The fourth-order valence-corrected chi connectivity index (χ4v) is 5.26. The van der Waals surface area contributed by atoms with Crippen LogP contribution in [0.15, 0.2) is 85.7 Å². The standard InChI is InChI=1S/C22H23F4N3O3.C17H15F4N3O/c1-14-5-6-15(23)11-18(14)31-16-12-17(19-27-8-10-28(19)13-16)29(9-7-22(24,25)26)20(30)32-21(2,3)4;1-11-2-3-12(18)8-15(11)25-13-9-14(22-5-4-17(19,20)21)16-23-6-7-24(16)10-13/h5-6,8,10-13H,7,9H2,1-4H3;2-3,6-10,22H,4-5H2,1H3. The summed E-state index contributed by atoms with van der Waals surface area (Å²) >= 11 is 0. The number of nitrogens with zero attached hydrogens (tertiary/aromatic N) is 5. The number of aromatic nitrogens is 4. The van der Waals surface area contributed by atoms with Gasteiger partial charge in [-0.15, -0.1) is 0 Å². The van der Waals surface area contributed by atoms with Gasteiger partial charge in [-0.2, -0.15) is 26.3 Å². The minimum Gasteiger partial charge on any atom is -0.455 e. The molecule has 6 rings (SSSR count). The second-order valence-electron chi connectivity index (χ2n) is 13.8. The van der Waals surface area contributed by atoms with E-state index in [-0.39, 0.29) is 29.4 Å². The predicted octanol–water partition coefficient (Wildman–Crippen LogP) is 11.2. The highest BCUT2D eigenvalue weighted by molar-refractivity contribution is 5.93. The second kappa shape index (κ2) is 17.0. The number of nitrogens with one attached hydrogen (secondary N) is 1. The average Bonchev–Trinajstić information content (AvgIpc) is 3.77. The van der Waals surface area contributed by atoms with Gasteiger partial charge in [0.1, 0.15) is 40.2 Å². The fourth-order valence-electron chi connectivity index (χ4n) is 5.26. The van der Waals surface area contributed by atoms with Crippen molar-refractivity contribution in [1.29, 1.82) is 0 Å². The first-order valence-corrected chi connectivity index (χ1v) is 17.3. The summed E-state index contributed by atoms with van der Waals surface area (Å²) in [6, 6.07) is 11.1. The van der Waals surface area contributed by atoms with E-state index in [9.17, 15) is 39.9 Å². The molecule has 1 N–H and O–H groups in total. The Hall–Kier alpha value is -6.07. The third kappa shape index (κ3) is 12.0. The monoisotopic (exact) mass is 806 g/mol. The van der Waals surface area contributed by atoms with Gasteiger partial charge in [0.05, 0.1) is 36.6 Å². The second-order valence-corrected chi connectivity index (χ2v) is 13.8. The summed E-state index contributed by atoms with van der Waals surface area (Å²) in [5.74, 6) is 0.159. The van der Waals surface area contributed by atoms with E-state index in [1.54, 1.807) is 69.7 Å². The van der Waals surface area contributed by atoms with Crippen LogP contribution in [0.1, 0.15) is 44.7 Å². The lowest BCUT2D eigenvalue weighted by Gasteiger charge is -2.28. The molecule has 0 saturated carbocycles. The number of alkyl halides is 6. The van der Waals surface area contributed by atoms with E-state index in [0.29, 0.717) is 28.4 Å². The van der Waals surface area contributed by atoms with E-state index in [2.05, 4.69) is 15.3 Å². The predicted molar refractivity (Wildman–Crippen MR) is 196 cm³/mol. The Bertz CT molecular complexity index is 2330. The number of hydrogen-bond donors (Lipinski definition) is 1. The van der Waals surface area contributed by atoms with E-state index in [4.69, 9.17) is 14.2 Å². The number of imidazole rings is 2. The van der Waals surface area contributed by atoms with Crippen molar-refractivity contribution in [1.82, 2.24) is 18.8 Å². The molecular formula is C39H38F8N6O4. The normalized spacial score (nSPS) is 11.9. The number of ether oxygens (including phenoxy) is 3. The van der Waals surface area contributed by atoms with Gasteiger partial charge in [-0.3, -0.25) is 4.90 Å². The van der Waals surface area contributed by atoms with Crippen molar-refractivity contribution in [2.45, 2.75) is 65.4 Å². The molecular weight excluding hydrogens is 768 g/mol. The smallest absolute Gasteiger partial charge is 0.414 e. The van der Waals surface area contributed by atoms with Crippen LogP contribution >= 0.6 is 0 Å². The van der Waals surface area contributed by atoms with Crippen LogP contribution in [-0.4, -0.2) is 55.9 Å². The lowest BCUT2D eigenvalue weighted by Crippen LogP contribution is -2.39. The number of hydrogen-bond acceptors (Lipinski definition) is 7. The number of fused-ring (bicyclic) bond motifs is 2. The van der Waals surface area contributed by atoms with Crippen LogP contribution in [0.3, 0.4) is 0 Å². The Morgan fingerprint density at radius 3 is 1.77 bits per heavy atom. The third-order valence-corrected chi connectivity index (χ3v) is 7.91. The van der Waals surface area contributed by atoms with Crippen molar-refractivity contribution < 1.29 is 54.1 Å². The lowest BCUT2D eigenvalue weighted by atomic mass is 10.2. The topological polar surface area (TPSA) is 94.6 Å². The summed E-state index contributed by atoms with van der Waals surface area (Å²) in [6.07, 6.45) is -2.56. The molecule has 1 amide bonds. The van der Waals surface area contributed by atoms with Crippen molar-refractivity contribution in [3.8, 4) is 23.0 Å². The van der Waals surface area contributed by atoms with Crippen molar-refractivity contribution in [3.05, 3.63) is 108 Å². The Balaban J connectivity index is 0.000000224. The van der Waals surface area contributed by atoms with Gasteiger partial charge >= 0.3 is 18.4 Å². The summed E-state index contributed by atoms with van der Waals surface area (Å²) in [5, 5.41) is 2.73. The Morgan fingerprint density at radius 2 is 1.25 bits per heavy atom. The van der Waals surface area contributed by atoms with Gasteiger partial charge in [0.15, 0.2) is 11.3 Å². The molecule has 4 aromatic heterocycles. The van der Waals surface area contributed by atoms with Crippen molar-refractivity contribution in [2.75, 3.05) is 23.3 Å². The van der Waals surface area contributed by atoms with Gasteiger partial charge in [0.2, 0.25) is 0 Å². The molecule has 0 aliphatic heterocycles. The Kier molecular flexibility index (Phi) is 12.5. The molecule has 6 aromatic rings. The van der Waals surface area contributed by atoms with Crippen LogP contribution in [0.5, 0.6) is 23.0 Å². The molecule has 4 heterocycles. The molecule has 0 bridgehead atoms. The molecule has 10 nitrogen and oxygen atoms in total. The quantitative estimate of drug-likeness (QED) is 0.138. The number of halogens is 8. The van der Waals surface area contributed by atoms with Gasteiger partial charge < -0.3 is 28.3 Å². The van der Waals surface area contributed by atoms with Crippen molar-refractivity contribution in [2.24, 2.45) is 0 Å². The van der Waals surface area contributed by atoms with Crippen LogP contribution in [0.25, 0.3) is 11.3 Å². The van der Waals surface area contributed by atoms with Gasteiger partial charge in [0.25, 0.3) is 0 Å². The number of aryl methyl sites for hydroxylation is 2. The molecule has 18 heteroatoms. The number of benzene rings is 2. The summed E-state index contributed by atoms with van der Waals surface area (Å²) in [6.45, 7) is 7.38. The van der Waals surface area contributed by atoms with Crippen LogP contribution in [0.2, 0.25) is 0 Å². The van der Waals surface area contributed by atoms with Crippen molar-refractivity contribution in [3.63, 3.8) is 0 Å². The SMILES string of the molecule is Cc1ccc(F)cc1Oc1cc(N(CCC(F)(F)F)C(=O)OC(C)(C)C)c2nccn2c1.Cc1ccc(F)cc1Oc1cc(NCCC(F)(F)F)c2nccn2c1. The van der Waals surface area contributed by atoms with E-state index in [0.717, 1.165) is 10.5 Å². The first kappa shape index (κ1) is 42.1. The molecule has 0 aliphatic rings. The zero-order valence-corrected chi connectivity index (χ0v) is 31.3. The van der Waals surface area contributed by atoms with Crippen LogP contribution in [-0.2, 0) is 4.74 Å². The highest BCUT2D eigenvalue weighted by Gasteiger charge is 2.33. The number of rotatable bonds is 10. The fraction of sp³-hybridized carbons (Fsp3) is 0.308. The van der Waals surface area contributed by atoms with Crippen LogP contribution < -0.4 is 19.7 Å². The molecule has 0 spiro atoms. The number of amides is 1. The molecule has 304 valence electrons. The maximum absolute atomic E-state index is 13.7. The van der Waals surface area contributed by atoms with E-state index >= 15 is 0 Å². The zero-order valence-electron chi connectivity index (χ0n) is 31.3. The molecule has 57 heavy (non-hydrogen) atoms. The van der Waals surface area contributed by atoms with E-state index in [1.807, 2.05) is 0 Å². The number of carbonyl (C=O) groups is 1. The first-order valence-electron chi connectivity index (χ1n) is 17.3. The van der Waals surface area contributed by atoms with Crippen molar-refractivity contribution >= 4 is 28.8 Å². The molecule has 0 atom stereocenters. The van der Waals surface area contributed by atoms with Crippen LogP contribution in [0.4, 0.5) is 51.3 Å². The molecule has 2 aromatic carbocycles. The highest BCUT2D eigenvalue weighted by Crippen LogP contribution is 2.34. The molecule has 0 saturated heterocycles. The zero-order chi connectivity index (χ0) is 41.7. The first-order chi connectivity index (χ1) is 26.6. The minimum atomic E-state index is -4.49. The lowest BCUT2D eigenvalue weighted by molar-refractivity contribution is -0.132. The molecule has 0 unspecified atom stereocenters. The molecule has 0 aliphatic carbocycles. The largest absolute Gasteiger partial charge is 0.455 e. The summed E-state index contributed by atoms with van der Waals surface area (Å²) in [4.78, 5) is 22.0. The number of pyridine rings is 2. The maximum Gasteiger partial charge on any atom is 0.414 e. The van der Waals surface area contributed by atoms with Gasteiger partial charge in [-0.25, -0.2) is 23.5 Å². The maximum atomic E-state index is 13.7. The average molecular weight is 807 g/mol. The highest BCUT2D eigenvalue weighted by atomic mass is 19.4.